The van der Waals surface area contributed by atoms with Gasteiger partial charge in [-0.05, 0) is 43.7 Å². The number of thiophene rings is 1. The smallest absolute Gasteiger partial charge is 0.191 e. The molecule has 0 aromatic carbocycles. The van der Waals surface area contributed by atoms with Crippen molar-refractivity contribution in [2.45, 2.75) is 26.3 Å². The van der Waals surface area contributed by atoms with Crippen LogP contribution in [-0.4, -0.2) is 57.3 Å². The lowest BCUT2D eigenvalue weighted by Gasteiger charge is -2.31. The molecule has 0 saturated carbocycles. The van der Waals surface area contributed by atoms with Gasteiger partial charge in [-0.15, -0.1) is 11.3 Å². The third kappa shape index (κ3) is 6.89. The van der Waals surface area contributed by atoms with Gasteiger partial charge in [0.1, 0.15) is 0 Å². The number of hydrogen-bond acceptors (Lipinski definition) is 4. The van der Waals surface area contributed by atoms with Gasteiger partial charge in [0.05, 0.1) is 6.61 Å². The summed E-state index contributed by atoms with van der Waals surface area (Å²) in [5.41, 5.74) is 0. The van der Waals surface area contributed by atoms with Crippen molar-refractivity contribution in [3.05, 3.63) is 22.4 Å². The van der Waals surface area contributed by atoms with Gasteiger partial charge in [-0.2, -0.15) is 0 Å². The van der Waals surface area contributed by atoms with Crippen LogP contribution in [-0.2, 0) is 11.3 Å². The van der Waals surface area contributed by atoms with Crippen molar-refractivity contribution in [3.63, 3.8) is 0 Å². The van der Waals surface area contributed by atoms with Crippen LogP contribution in [0.1, 0.15) is 24.6 Å². The molecule has 1 aliphatic rings. The van der Waals surface area contributed by atoms with Gasteiger partial charge in [-0.25, -0.2) is 0 Å². The van der Waals surface area contributed by atoms with E-state index >= 15 is 0 Å². The number of likely N-dealkylation sites (tertiary alicyclic amines) is 1. The molecular formula is C17H30N4OS. The zero-order chi connectivity index (χ0) is 16.3. The van der Waals surface area contributed by atoms with Gasteiger partial charge in [-0.3, -0.25) is 9.89 Å². The van der Waals surface area contributed by atoms with Gasteiger partial charge in [0.25, 0.3) is 0 Å². The highest BCUT2D eigenvalue weighted by atomic mass is 32.1. The average Bonchev–Trinajstić information content (AvgIpc) is 3.06. The maximum Gasteiger partial charge on any atom is 0.191 e. The third-order valence-electron chi connectivity index (χ3n) is 4.01. The van der Waals surface area contributed by atoms with Crippen LogP contribution in [0.2, 0.25) is 0 Å². The molecule has 23 heavy (non-hydrogen) atoms. The second kappa shape index (κ2) is 10.6. The summed E-state index contributed by atoms with van der Waals surface area (Å²) in [5, 5.41) is 8.77. The van der Waals surface area contributed by atoms with Gasteiger partial charge >= 0.3 is 0 Å². The van der Waals surface area contributed by atoms with E-state index in [1.165, 1.54) is 24.3 Å². The fourth-order valence-electron chi connectivity index (χ4n) is 2.90. The minimum atomic E-state index is 0.654. The largest absolute Gasteiger partial charge is 0.383 e. The molecule has 1 aromatic rings. The first-order valence-corrected chi connectivity index (χ1v) is 9.45. The summed E-state index contributed by atoms with van der Waals surface area (Å²) >= 11 is 1.85. The second-order valence-corrected chi connectivity index (χ2v) is 6.99. The zero-order valence-corrected chi connectivity index (χ0v) is 15.2. The molecule has 0 amide bonds. The summed E-state index contributed by atoms with van der Waals surface area (Å²) in [6.45, 7) is 8.81. The molecule has 0 radical (unpaired) electrons. The van der Waals surface area contributed by atoms with Crippen molar-refractivity contribution in [2.24, 2.45) is 10.9 Å². The van der Waals surface area contributed by atoms with E-state index in [1.807, 2.05) is 11.3 Å². The molecule has 0 aliphatic carbocycles. The molecule has 1 unspecified atom stereocenters. The molecule has 130 valence electrons. The third-order valence-corrected chi connectivity index (χ3v) is 4.87. The van der Waals surface area contributed by atoms with Crippen molar-refractivity contribution >= 4 is 17.3 Å². The molecule has 2 N–H and O–H groups in total. The summed E-state index contributed by atoms with van der Waals surface area (Å²) in [7, 11) is 1.72. The van der Waals surface area contributed by atoms with Crippen LogP contribution in [0.3, 0.4) is 0 Å². The van der Waals surface area contributed by atoms with Crippen LogP contribution in [0.25, 0.3) is 0 Å². The van der Waals surface area contributed by atoms with Crippen molar-refractivity contribution in [2.75, 3.05) is 46.4 Å². The average molecular weight is 339 g/mol. The molecule has 2 heterocycles. The van der Waals surface area contributed by atoms with Gasteiger partial charge in [0.2, 0.25) is 0 Å². The van der Waals surface area contributed by atoms with Gasteiger partial charge < -0.3 is 15.4 Å². The van der Waals surface area contributed by atoms with E-state index in [1.54, 1.807) is 7.11 Å². The van der Waals surface area contributed by atoms with Crippen LogP contribution in [0.5, 0.6) is 0 Å². The Morgan fingerprint density at radius 2 is 2.39 bits per heavy atom. The SMILES string of the molecule is CCNC(=NCC1CCCN(Cc2cccs2)C1)NCCOC. The monoisotopic (exact) mass is 338 g/mol. The number of methoxy groups -OCH3 is 1. The Kier molecular flexibility index (Phi) is 8.42. The van der Waals surface area contributed by atoms with E-state index in [4.69, 9.17) is 9.73 Å². The zero-order valence-electron chi connectivity index (χ0n) is 14.4. The highest BCUT2D eigenvalue weighted by molar-refractivity contribution is 7.09. The Morgan fingerprint density at radius 3 is 3.13 bits per heavy atom. The maximum atomic E-state index is 5.08. The highest BCUT2D eigenvalue weighted by Gasteiger charge is 2.20. The van der Waals surface area contributed by atoms with Crippen molar-refractivity contribution in [1.82, 2.24) is 15.5 Å². The fraction of sp³-hybridized carbons (Fsp3) is 0.706. The van der Waals surface area contributed by atoms with Crippen molar-refractivity contribution in [1.29, 1.82) is 0 Å². The number of nitrogens with zero attached hydrogens (tertiary/aromatic N) is 2. The lowest BCUT2D eigenvalue weighted by molar-refractivity contribution is 0.172. The standard InChI is InChI=1S/C17H30N4OS/c1-3-18-17(19-8-10-22-2)20-12-15-6-4-9-21(13-15)14-16-7-5-11-23-16/h5,7,11,15H,3-4,6,8-10,12-14H2,1-2H3,(H2,18,19,20). The highest BCUT2D eigenvalue weighted by Crippen LogP contribution is 2.20. The lowest BCUT2D eigenvalue weighted by Crippen LogP contribution is -2.40. The van der Waals surface area contributed by atoms with Gasteiger partial charge in [0, 0.05) is 44.7 Å². The number of aliphatic imine (C=N–C) groups is 1. The minimum absolute atomic E-state index is 0.654. The minimum Gasteiger partial charge on any atom is -0.383 e. The van der Waals surface area contributed by atoms with Crippen molar-refractivity contribution in [3.8, 4) is 0 Å². The molecule has 1 atom stereocenters. The number of guanidine groups is 1. The maximum absolute atomic E-state index is 5.08. The Bertz CT molecular complexity index is 449. The van der Waals surface area contributed by atoms with Crippen LogP contribution < -0.4 is 10.6 Å². The topological polar surface area (TPSA) is 48.9 Å². The number of ether oxygens (including phenoxy) is 1. The van der Waals surface area contributed by atoms with Crippen LogP contribution in [0, 0.1) is 5.92 Å². The summed E-state index contributed by atoms with van der Waals surface area (Å²) in [6.07, 6.45) is 2.56. The van der Waals surface area contributed by atoms with Gasteiger partial charge in [0.15, 0.2) is 5.96 Å². The first kappa shape index (κ1) is 18.2. The first-order chi connectivity index (χ1) is 11.3. The number of rotatable bonds is 8. The molecule has 5 nitrogen and oxygen atoms in total. The predicted molar refractivity (Wildman–Crippen MR) is 98.2 cm³/mol. The number of nitrogens with one attached hydrogen (secondary N) is 2. The van der Waals surface area contributed by atoms with Crippen LogP contribution in [0.15, 0.2) is 22.5 Å². The second-order valence-electron chi connectivity index (χ2n) is 5.96. The molecule has 0 spiro atoms. The van der Waals surface area contributed by atoms with E-state index in [0.29, 0.717) is 12.5 Å². The molecule has 6 heteroatoms. The van der Waals surface area contributed by atoms with Crippen LogP contribution in [0.4, 0.5) is 0 Å². The Balaban J connectivity index is 1.78. The summed E-state index contributed by atoms with van der Waals surface area (Å²) in [6, 6.07) is 4.37. The molecular weight excluding hydrogens is 308 g/mol. The first-order valence-electron chi connectivity index (χ1n) is 8.57. The quantitative estimate of drug-likeness (QED) is 0.433. The number of hydrogen-bond donors (Lipinski definition) is 2. The number of piperidine rings is 1. The van der Waals surface area contributed by atoms with Gasteiger partial charge in [-0.1, -0.05) is 6.07 Å². The lowest BCUT2D eigenvalue weighted by atomic mass is 9.98. The van der Waals surface area contributed by atoms with E-state index in [0.717, 1.165) is 38.7 Å². The molecule has 0 bridgehead atoms. The van der Waals surface area contributed by atoms with E-state index in [2.05, 4.69) is 40.0 Å². The molecule has 1 aromatic heterocycles. The normalized spacial score (nSPS) is 19.7. The van der Waals surface area contributed by atoms with E-state index < -0.39 is 0 Å². The Hall–Kier alpha value is -1.11. The van der Waals surface area contributed by atoms with Crippen molar-refractivity contribution < 1.29 is 4.74 Å². The summed E-state index contributed by atoms with van der Waals surface area (Å²) in [4.78, 5) is 8.79. The van der Waals surface area contributed by atoms with E-state index in [9.17, 15) is 0 Å². The summed E-state index contributed by atoms with van der Waals surface area (Å²) in [5.74, 6) is 1.56. The summed E-state index contributed by atoms with van der Waals surface area (Å²) < 4.78 is 5.08. The Labute approximate surface area is 144 Å². The fourth-order valence-corrected chi connectivity index (χ4v) is 3.65. The molecule has 1 aliphatic heterocycles. The predicted octanol–water partition coefficient (Wildman–Crippen LogP) is 2.16. The van der Waals surface area contributed by atoms with E-state index in [-0.39, 0.29) is 0 Å². The Morgan fingerprint density at radius 1 is 1.48 bits per heavy atom. The molecule has 1 fully saturated rings. The molecule has 2 rings (SSSR count). The van der Waals surface area contributed by atoms with Crippen LogP contribution >= 0.6 is 11.3 Å². The molecule has 1 saturated heterocycles.